The molecule has 0 radical (unpaired) electrons. The molecule has 3 rings (SSSR count). The number of halogens is 5. The van der Waals surface area contributed by atoms with Crippen molar-refractivity contribution in [2.45, 2.75) is 39.4 Å². The second-order valence-electron chi connectivity index (χ2n) is 6.79. The Morgan fingerprint density at radius 3 is 2.39 bits per heavy atom. The van der Waals surface area contributed by atoms with Gasteiger partial charge in [-0.1, -0.05) is 0 Å². The summed E-state index contributed by atoms with van der Waals surface area (Å²) in [5, 5.41) is 6.33. The maximum Gasteiger partial charge on any atom is 0.433 e. The quantitative estimate of drug-likeness (QED) is 0.551. The van der Waals surface area contributed by atoms with E-state index in [4.69, 9.17) is 5.73 Å². The van der Waals surface area contributed by atoms with Gasteiger partial charge in [0.15, 0.2) is 0 Å². The monoisotopic (exact) mass is 461 g/mol. The Hall–Kier alpha value is -3.09. The van der Waals surface area contributed by atoms with Crippen LogP contribution >= 0.6 is 11.3 Å². The van der Waals surface area contributed by atoms with Crippen LogP contribution in [0.2, 0.25) is 0 Å². The number of fused-ring (bicyclic) bond motifs is 1. The second-order valence-corrected chi connectivity index (χ2v) is 7.79. The van der Waals surface area contributed by atoms with E-state index in [1.54, 1.807) is 0 Å². The van der Waals surface area contributed by atoms with E-state index < -0.39 is 41.8 Å². The van der Waals surface area contributed by atoms with Crippen LogP contribution in [-0.2, 0) is 11.0 Å². The number of carbonyl (C=O) groups excluding carboxylic acids is 2. The third-order valence-electron chi connectivity index (χ3n) is 4.53. The summed E-state index contributed by atoms with van der Waals surface area (Å²) in [6.07, 6.45) is -7.53. The number of aryl methyl sites for hydroxylation is 2. The maximum atomic E-state index is 13.1. The Kier molecular flexibility index (Phi) is 5.74. The lowest BCUT2D eigenvalue weighted by Crippen LogP contribution is -2.26. The molecule has 1 atom stereocenters. The van der Waals surface area contributed by atoms with E-state index in [-0.39, 0.29) is 26.3 Å². The predicted molar refractivity (Wildman–Crippen MR) is 103 cm³/mol. The highest BCUT2D eigenvalue weighted by Gasteiger charge is 2.34. The fraction of sp³-hybridized carbons (Fsp3) is 0.333. The van der Waals surface area contributed by atoms with E-state index in [0.29, 0.717) is 17.0 Å². The first-order chi connectivity index (χ1) is 14.3. The molecule has 7 nitrogen and oxygen atoms in total. The van der Waals surface area contributed by atoms with E-state index in [0.717, 1.165) is 16.8 Å². The molecule has 0 spiro atoms. The molecule has 0 aliphatic rings. The van der Waals surface area contributed by atoms with E-state index in [2.05, 4.69) is 15.4 Å². The molecule has 0 saturated heterocycles. The average Bonchev–Trinajstić information content (AvgIpc) is 3.21. The van der Waals surface area contributed by atoms with Gasteiger partial charge >= 0.3 is 6.18 Å². The van der Waals surface area contributed by atoms with Gasteiger partial charge in [-0.3, -0.25) is 14.3 Å². The number of alkyl halides is 5. The summed E-state index contributed by atoms with van der Waals surface area (Å²) in [6, 6.07) is 0.868. The number of pyridine rings is 1. The van der Waals surface area contributed by atoms with Gasteiger partial charge in [-0.15, -0.1) is 11.3 Å². The van der Waals surface area contributed by atoms with Gasteiger partial charge in [0.05, 0.1) is 5.69 Å². The number of primary amides is 1. The lowest BCUT2D eigenvalue weighted by molar-refractivity contribution is -0.141. The summed E-state index contributed by atoms with van der Waals surface area (Å²) in [5.74, 6) is -1.69. The number of nitrogens with one attached hydrogen (secondary N) is 1. The lowest BCUT2D eigenvalue weighted by Gasteiger charge is -2.15. The van der Waals surface area contributed by atoms with Crippen molar-refractivity contribution in [3.05, 3.63) is 39.7 Å². The van der Waals surface area contributed by atoms with Crippen molar-refractivity contribution in [1.29, 1.82) is 0 Å². The van der Waals surface area contributed by atoms with Gasteiger partial charge < -0.3 is 11.1 Å². The third-order valence-corrected chi connectivity index (χ3v) is 5.63. The predicted octanol–water partition coefficient (Wildman–Crippen LogP) is 4.36. The molecule has 166 valence electrons. The van der Waals surface area contributed by atoms with Gasteiger partial charge in [-0.2, -0.15) is 18.3 Å². The van der Waals surface area contributed by atoms with Gasteiger partial charge in [-0.05, 0) is 38.5 Å². The summed E-state index contributed by atoms with van der Waals surface area (Å²) >= 11 is 0.615. The summed E-state index contributed by atoms with van der Waals surface area (Å²) in [4.78, 5) is 27.9. The number of hydrogen-bond acceptors (Lipinski definition) is 5. The standard InChI is InChI=1S/C18H16F5N5O2S/c1-6-4-10(18(21,22)23)25-17-11(6)12(13(31-17)15(24)29)26-16(30)8(3)28-7(2)5-9(27-28)14(19)20/h4-5,8,14H,1-3H3,(H2,24,29)(H,26,30). The summed E-state index contributed by atoms with van der Waals surface area (Å²) < 4.78 is 66.1. The van der Waals surface area contributed by atoms with Crippen molar-refractivity contribution < 1.29 is 31.5 Å². The minimum Gasteiger partial charge on any atom is -0.365 e. The van der Waals surface area contributed by atoms with Crippen molar-refractivity contribution in [2.75, 3.05) is 5.32 Å². The third kappa shape index (κ3) is 4.22. The fourth-order valence-corrected chi connectivity index (χ4v) is 4.13. The maximum absolute atomic E-state index is 13.1. The van der Waals surface area contributed by atoms with Gasteiger partial charge in [0.1, 0.15) is 27.1 Å². The van der Waals surface area contributed by atoms with Gasteiger partial charge in [0, 0.05) is 11.1 Å². The molecule has 3 aromatic rings. The molecular weight excluding hydrogens is 445 g/mol. The summed E-state index contributed by atoms with van der Waals surface area (Å²) in [7, 11) is 0. The Morgan fingerprint density at radius 2 is 1.87 bits per heavy atom. The van der Waals surface area contributed by atoms with Crippen molar-refractivity contribution in [3.63, 3.8) is 0 Å². The SMILES string of the molecule is Cc1cc(C(F)(F)F)nc2sc(C(N)=O)c(NC(=O)C(C)n3nc(C(F)F)cc3C)c12. The number of carbonyl (C=O) groups is 2. The van der Waals surface area contributed by atoms with Crippen LogP contribution in [0.1, 0.15) is 51.7 Å². The number of anilines is 1. The van der Waals surface area contributed by atoms with Crippen LogP contribution < -0.4 is 11.1 Å². The van der Waals surface area contributed by atoms with Crippen molar-refractivity contribution >= 4 is 39.1 Å². The van der Waals surface area contributed by atoms with E-state index in [9.17, 15) is 31.5 Å². The fourth-order valence-electron chi connectivity index (χ4n) is 3.07. The second kappa shape index (κ2) is 7.87. The molecule has 3 heterocycles. The highest BCUT2D eigenvalue weighted by molar-refractivity contribution is 7.21. The summed E-state index contributed by atoms with van der Waals surface area (Å²) in [6.45, 7) is 4.27. The Labute approximate surface area is 176 Å². The van der Waals surface area contributed by atoms with Crippen molar-refractivity contribution in [3.8, 4) is 0 Å². The number of thiophene rings is 1. The molecule has 0 aliphatic carbocycles. The van der Waals surface area contributed by atoms with Crippen LogP contribution in [0, 0.1) is 13.8 Å². The van der Waals surface area contributed by atoms with Gasteiger partial charge in [0.25, 0.3) is 12.3 Å². The van der Waals surface area contributed by atoms with Crippen LogP contribution in [0.4, 0.5) is 27.6 Å². The Bertz CT molecular complexity index is 1180. The first-order valence-corrected chi connectivity index (χ1v) is 9.59. The number of amides is 2. The van der Waals surface area contributed by atoms with Crippen LogP contribution in [0.15, 0.2) is 12.1 Å². The Morgan fingerprint density at radius 1 is 1.23 bits per heavy atom. The normalized spacial score (nSPS) is 13.1. The average molecular weight is 461 g/mol. The Balaban J connectivity index is 2.05. The van der Waals surface area contributed by atoms with Crippen molar-refractivity contribution in [2.24, 2.45) is 5.73 Å². The van der Waals surface area contributed by atoms with E-state index >= 15 is 0 Å². The zero-order chi connectivity index (χ0) is 23.2. The zero-order valence-corrected chi connectivity index (χ0v) is 17.2. The van der Waals surface area contributed by atoms with E-state index in [1.807, 2.05) is 0 Å². The largest absolute Gasteiger partial charge is 0.433 e. The molecule has 0 fully saturated rings. The zero-order valence-electron chi connectivity index (χ0n) is 16.3. The lowest BCUT2D eigenvalue weighted by atomic mass is 10.1. The van der Waals surface area contributed by atoms with Gasteiger partial charge in [0.2, 0.25) is 5.91 Å². The summed E-state index contributed by atoms with van der Waals surface area (Å²) in [5.41, 5.74) is 4.04. The van der Waals surface area contributed by atoms with Crippen LogP contribution in [0.5, 0.6) is 0 Å². The molecule has 13 heteroatoms. The van der Waals surface area contributed by atoms with Crippen LogP contribution in [0.25, 0.3) is 10.2 Å². The molecule has 1 unspecified atom stereocenters. The van der Waals surface area contributed by atoms with Crippen LogP contribution in [-0.4, -0.2) is 26.6 Å². The number of hydrogen-bond donors (Lipinski definition) is 2. The number of nitrogens with two attached hydrogens (primary N) is 1. The van der Waals surface area contributed by atoms with Gasteiger partial charge in [-0.25, -0.2) is 13.8 Å². The molecule has 0 saturated carbocycles. The molecule has 0 aliphatic heterocycles. The first-order valence-electron chi connectivity index (χ1n) is 8.77. The topological polar surface area (TPSA) is 103 Å². The minimum atomic E-state index is -4.70. The highest BCUT2D eigenvalue weighted by Crippen LogP contribution is 2.40. The highest BCUT2D eigenvalue weighted by atomic mass is 32.1. The molecule has 0 bridgehead atoms. The molecule has 2 amide bonds. The molecule has 3 aromatic heterocycles. The molecule has 31 heavy (non-hydrogen) atoms. The first kappa shape index (κ1) is 22.6. The van der Waals surface area contributed by atoms with Crippen LogP contribution in [0.3, 0.4) is 0 Å². The molecule has 3 N–H and O–H groups in total. The smallest absolute Gasteiger partial charge is 0.365 e. The number of rotatable bonds is 5. The van der Waals surface area contributed by atoms with Crippen molar-refractivity contribution in [1.82, 2.24) is 14.8 Å². The van der Waals surface area contributed by atoms with E-state index in [1.165, 1.54) is 20.8 Å². The minimum absolute atomic E-state index is 0.0815. The molecule has 0 aromatic carbocycles. The molecular formula is C18H16F5N5O2S. The number of aromatic nitrogens is 3. The number of nitrogens with zero attached hydrogens (tertiary/aromatic N) is 3.